The normalized spacial score (nSPS) is 11.4. The van der Waals surface area contributed by atoms with Gasteiger partial charge >= 0.3 is 0 Å². The fraction of sp³-hybridized carbons (Fsp3) is 0.400. The zero-order valence-electron chi connectivity index (χ0n) is 8.44. The molecule has 4 nitrogen and oxygen atoms in total. The quantitative estimate of drug-likeness (QED) is 0.781. The van der Waals surface area contributed by atoms with Gasteiger partial charge in [0.05, 0.1) is 0 Å². The Bertz CT molecular complexity index is 444. The van der Waals surface area contributed by atoms with E-state index >= 15 is 0 Å². The van der Waals surface area contributed by atoms with E-state index < -0.39 is 0 Å². The Labute approximate surface area is 82.8 Å². The van der Waals surface area contributed by atoms with Gasteiger partial charge in [-0.15, -0.1) is 5.10 Å². The van der Waals surface area contributed by atoms with Crippen LogP contribution in [0.25, 0.3) is 5.65 Å². The lowest BCUT2D eigenvalue weighted by Crippen LogP contribution is -1.99. The fourth-order valence-corrected chi connectivity index (χ4v) is 1.42. The van der Waals surface area contributed by atoms with E-state index in [9.17, 15) is 0 Å². The van der Waals surface area contributed by atoms with E-state index in [0.29, 0.717) is 11.7 Å². The molecule has 0 aliphatic heterocycles. The van der Waals surface area contributed by atoms with Crippen molar-refractivity contribution in [2.45, 2.75) is 20.3 Å². The highest BCUT2D eigenvalue weighted by molar-refractivity contribution is 5.45. The molecule has 0 spiro atoms. The van der Waals surface area contributed by atoms with Gasteiger partial charge in [0.25, 0.3) is 0 Å². The molecule has 0 aliphatic carbocycles. The Balaban J connectivity index is 2.46. The molecule has 0 atom stereocenters. The van der Waals surface area contributed by atoms with E-state index in [4.69, 9.17) is 5.73 Å². The average molecular weight is 190 g/mol. The van der Waals surface area contributed by atoms with E-state index in [-0.39, 0.29) is 0 Å². The van der Waals surface area contributed by atoms with E-state index in [0.717, 1.165) is 17.9 Å². The maximum Gasteiger partial charge on any atom is 0.157 e. The van der Waals surface area contributed by atoms with Gasteiger partial charge in [-0.05, 0) is 18.1 Å². The second-order valence-corrected chi connectivity index (χ2v) is 3.85. The number of aromatic nitrogens is 3. The van der Waals surface area contributed by atoms with Crippen molar-refractivity contribution in [1.82, 2.24) is 14.6 Å². The number of anilines is 1. The van der Waals surface area contributed by atoms with E-state index in [1.165, 1.54) is 0 Å². The molecular weight excluding hydrogens is 176 g/mol. The molecule has 14 heavy (non-hydrogen) atoms. The van der Waals surface area contributed by atoms with Crippen LogP contribution in [0.5, 0.6) is 0 Å². The van der Waals surface area contributed by atoms with Crippen molar-refractivity contribution in [2.24, 2.45) is 5.92 Å². The third-order valence-electron chi connectivity index (χ3n) is 2.02. The molecule has 74 valence electrons. The Morgan fingerprint density at radius 1 is 1.43 bits per heavy atom. The first-order valence-corrected chi connectivity index (χ1v) is 4.77. The molecule has 4 heteroatoms. The van der Waals surface area contributed by atoms with Crippen molar-refractivity contribution in [3.8, 4) is 0 Å². The molecule has 2 aromatic heterocycles. The smallest absolute Gasteiger partial charge is 0.157 e. The molecule has 0 aliphatic rings. The van der Waals surface area contributed by atoms with E-state index in [2.05, 4.69) is 23.9 Å². The number of nitrogens with two attached hydrogens (primary N) is 1. The first-order chi connectivity index (χ1) is 6.66. The molecule has 0 aromatic carbocycles. The largest absolute Gasteiger partial charge is 0.384 e. The highest BCUT2D eigenvalue weighted by Crippen LogP contribution is 2.09. The fourth-order valence-electron chi connectivity index (χ4n) is 1.42. The Hall–Kier alpha value is -1.58. The van der Waals surface area contributed by atoms with Crippen molar-refractivity contribution in [3.05, 3.63) is 24.0 Å². The molecule has 2 rings (SSSR count). The van der Waals surface area contributed by atoms with Crippen LogP contribution in [0, 0.1) is 5.92 Å². The zero-order chi connectivity index (χ0) is 10.1. The monoisotopic (exact) mass is 190 g/mol. The Morgan fingerprint density at radius 2 is 2.21 bits per heavy atom. The lowest BCUT2D eigenvalue weighted by atomic mass is 10.1. The predicted molar refractivity (Wildman–Crippen MR) is 55.9 cm³/mol. The third kappa shape index (κ3) is 1.55. The predicted octanol–water partition coefficient (Wildman–Crippen LogP) is 1.51. The van der Waals surface area contributed by atoms with Crippen LogP contribution < -0.4 is 5.73 Å². The molecule has 0 saturated carbocycles. The number of nitrogens with zero attached hydrogens (tertiary/aromatic N) is 3. The van der Waals surface area contributed by atoms with Crippen molar-refractivity contribution in [2.75, 3.05) is 5.73 Å². The highest BCUT2D eigenvalue weighted by Gasteiger charge is 2.06. The van der Waals surface area contributed by atoms with Crippen LogP contribution in [0.4, 0.5) is 5.82 Å². The standard InChI is InChI=1S/C10H14N4/c1-7(2)6-9-12-10-5-3-4-8(11)14(10)13-9/h3-5,7H,6,11H2,1-2H3. The summed E-state index contributed by atoms with van der Waals surface area (Å²) in [6.45, 7) is 4.30. The first-order valence-electron chi connectivity index (χ1n) is 4.77. The van der Waals surface area contributed by atoms with Gasteiger partial charge in [-0.1, -0.05) is 19.9 Å². The van der Waals surface area contributed by atoms with Crippen molar-refractivity contribution in [1.29, 1.82) is 0 Å². The summed E-state index contributed by atoms with van der Waals surface area (Å²) in [6, 6.07) is 5.62. The highest BCUT2D eigenvalue weighted by atomic mass is 15.3. The van der Waals surface area contributed by atoms with Crippen LogP contribution >= 0.6 is 0 Å². The Morgan fingerprint density at radius 3 is 2.86 bits per heavy atom. The molecule has 2 heterocycles. The second kappa shape index (κ2) is 3.29. The van der Waals surface area contributed by atoms with Crippen LogP contribution in [0.1, 0.15) is 19.7 Å². The van der Waals surface area contributed by atoms with Gasteiger partial charge in [0.2, 0.25) is 0 Å². The topological polar surface area (TPSA) is 56.2 Å². The third-order valence-corrected chi connectivity index (χ3v) is 2.02. The summed E-state index contributed by atoms with van der Waals surface area (Å²) >= 11 is 0. The number of nitrogen functional groups attached to an aromatic ring is 1. The summed E-state index contributed by atoms with van der Waals surface area (Å²) < 4.78 is 1.68. The summed E-state index contributed by atoms with van der Waals surface area (Å²) in [6.07, 6.45) is 0.890. The van der Waals surface area contributed by atoms with E-state index in [1.807, 2.05) is 18.2 Å². The lowest BCUT2D eigenvalue weighted by Gasteiger charge is -1.97. The van der Waals surface area contributed by atoms with Crippen LogP contribution in [0.15, 0.2) is 18.2 Å². The molecule has 0 bridgehead atoms. The summed E-state index contributed by atoms with van der Waals surface area (Å²) in [5.41, 5.74) is 6.58. The Kier molecular flexibility index (Phi) is 2.11. The van der Waals surface area contributed by atoms with Gasteiger partial charge in [0.1, 0.15) is 5.82 Å². The number of fused-ring (bicyclic) bond motifs is 1. The molecule has 0 radical (unpaired) electrons. The molecule has 0 amide bonds. The number of hydrogen-bond acceptors (Lipinski definition) is 3. The molecule has 2 aromatic rings. The second-order valence-electron chi connectivity index (χ2n) is 3.85. The summed E-state index contributed by atoms with van der Waals surface area (Å²) in [5, 5.41) is 4.33. The molecular formula is C10H14N4. The lowest BCUT2D eigenvalue weighted by molar-refractivity contribution is 0.620. The minimum absolute atomic E-state index is 0.564. The first kappa shape index (κ1) is 8.99. The van der Waals surface area contributed by atoms with Crippen molar-refractivity contribution >= 4 is 11.5 Å². The molecule has 2 N–H and O–H groups in total. The molecule has 0 unspecified atom stereocenters. The van der Waals surface area contributed by atoms with Crippen LogP contribution in [0.2, 0.25) is 0 Å². The van der Waals surface area contributed by atoms with Crippen LogP contribution in [0.3, 0.4) is 0 Å². The molecule has 0 saturated heterocycles. The van der Waals surface area contributed by atoms with Crippen LogP contribution in [-0.2, 0) is 6.42 Å². The summed E-state index contributed by atoms with van der Waals surface area (Å²) in [4.78, 5) is 4.39. The van der Waals surface area contributed by atoms with Gasteiger partial charge in [0.15, 0.2) is 11.5 Å². The summed E-state index contributed by atoms with van der Waals surface area (Å²) in [7, 11) is 0. The van der Waals surface area contributed by atoms with Gasteiger partial charge in [0, 0.05) is 6.42 Å². The zero-order valence-corrected chi connectivity index (χ0v) is 8.44. The van der Waals surface area contributed by atoms with E-state index in [1.54, 1.807) is 4.52 Å². The minimum Gasteiger partial charge on any atom is -0.384 e. The number of hydrogen-bond donors (Lipinski definition) is 1. The minimum atomic E-state index is 0.564. The van der Waals surface area contributed by atoms with Crippen molar-refractivity contribution < 1.29 is 0 Å². The average Bonchev–Trinajstić information content (AvgIpc) is 2.47. The maximum atomic E-state index is 5.76. The number of pyridine rings is 1. The van der Waals surface area contributed by atoms with Gasteiger partial charge in [-0.2, -0.15) is 4.52 Å². The van der Waals surface area contributed by atoms with Gasteiger partial charge in [-0.3, -0.25) is 0 Å². The summed E-state index contributed by atoms with van der Waals surface area (Å²) in [5.74, 6) is 2.05. The van der Waals surface area contributed by atoms with Gasteiger partial charge in [-0.25, -0.2) is 4.98 Å². The SMILES string of the molecule is CC(C)Cc1nc2cccc(N)n2n1. The van der Waals surface area contributed by atoms with Gasteiger partial charge < -0.3 is 5.73 Å². The van der Waals surface area contributed by atoms with Crippen molar-refractivity contribution in [3.63, 3.8) is 0 Å². The maximum absolute atomic E-state index is 5.76. The van der Waals surface area contributed by atoms with Crippen LogP contribution in [-0.4, -0.2) is 14.6 Å². The molecule has 0 fully saturated rings. The number of rotatable bonds is 2.